The molecule has 2 aliphatic rings. The molecule has 0 spiro atoms. The Labute approximate surface area is 195 Å². The van der Waals surface area contributed by atoms with Crippen LogP contribution in [0.5, 0.6) is 5.88 Å². The van der Waals surface area contributed by atoms with E-state index in [0.717, 1.165) is 11.0 Å². The maximum absolute atomic E-state index is 13.6. The van der Waals surface area contributed by atoms with Gasteiger partial charge >= 0.3 is 0 Å². The first kappa shape index (κ1) is 21.0. The van der Waals surface area contributed by atoms with E-state index in [1.54, 1.807) is 4.40 Å². The minimum atomic E-state index is -0.673. The van der Waals surface area contributed by atoms with Gasteiger partial charge in [-0.05, 0) is 49.9 Å². The Morgan fingerprint density at radius 1 is 0.758 bits per heavy atom. The quantitative estimate of drug-likeness (QED) is 0.191. The van der Waals surface area contributed by atoms with Crippen molar-refractivity contribution >= 4 is 35.7 Å². The normalized spacial score (nSPS) is 18.5. The number of nitrogens with zero attached hydrogens (tertiary/aromatic N) is 3. The van der Waals surface area contributed by atoms with E-state index in [1.165, 1.54) is 64.2 Å². The Hall–Kier alpha value is -2.52. The van der Waals surface area contributed by atoms with Crippen LogP contribution in [-0.2, 0) is 0 Å². The minimum absolute atomic E-state index is 0.0567. The first-order valence-electron chi connectivity index (χ1n) is 12.5. The third kappa shape index (κ3) is 3.91. The van der Waals surface area contributed by atoms with Crippen molar-refractivity contribution in [3.63, 3.8) is 0 Å². The summed E-state index contributed by atoms with van der Waals surface area (Å²) >= 11 is 0. The highest BCUT2D eigenvalue weighted by molar-refractivity contribution is 7.54. The van der Waals surface area contributed by atoms with Crippen LogP contribution in [0, 0.1) is 0 Å². The van der Waals surface area contributed by atoms with Crippen molar-refractivity contribution in [1.82, 2.24) is 14.4 Å². The smallest absolute Gasteiger partial charge is 0.266 e. The summed E-state index contributed by atoms with van der Waals surface area (Å²) in [5.41, 5.74) is 4.00. The molecule has 0 saturated heterocycles. The Morgan fingerprint density at radius 2 is 1.36 bits per heavy atom. The molecule has 4 aromatic rings. The molecule has 2 heterocycles. The zero-order chi connectivity index (χ0) is 22.2. The lowest BCUT2D eigenvalue weighted by Gasteiger charge is -2.37. The molecule has 33 heavy (non-hydrogen) atoms. The molecule has 2 aromatic heterocycles. The van der Waals surface area contributed by atoms with Gasteiger partial charge in [-0.2, -0.15) is 0 Å². The van der Waals surface area contributed by atoms with Crippen LogP contribution in [0.25, 0.3) is 27.6 Å². The second-order valence-corrected chi connectivity index (χ2v) is 11.9. The van der Waals surface area contributed by atoms with E-state index >= 15 is 0 Å². The minimum Gasteiger partial charge on any atom is -0.454 e. The van der Waals surface area contributed by atoms with Crippen LogP contribution in [0.15, 0.2) is 53.3 Å². The summed E-state index contributed by atoms with van der Waals surface area (Å²) in [7, 11) is -0.673. The van der Waals surface area contributed by atoms with Crippen LogP contribution in [0.4, 0.5) is 0 Å². The fourth-order valence-corrected chi connectivity index (χ4v) is 8.65. The third-order valence-electron chi connectivity index (χ3n) is 7.37. The summed E-state index contributed by atoms with van der Waals surface area (Å²) in [5.74, 6) is 0.541. The molecule has 0 N–H and O–H groups in total. The third-order valence-corrected chi connectivity index (χ3v) is 10.2. The van der Waals surface area contributed by atoms with E-state index in [2.05, 4.69) is 0 Å². The fraction of sp³-hybridized carbons (Fsp3) is 0.444. The Morgan fingerprint density at radius 3 is 2.06 bits per heavy atom. The van der Waals surface area contributed by atoms with Gasteiger partial charge in [0.25, 0.3) is 11.4 Å². The van der Waals surface area contributed by atoms with Gasteiger partial charge in [-0.15, -0.1) is 0 Å². The van der Waals surface area contributed by atoms with E-state index in [-0.39, 0.29) is 5.56 Å². The zero-order valence-corrected chi connectivity index (χ0v) is 19.8. The molecule has 0 atom stereocenters. The van der Waals surface area contributed by atoms with Crippen LogP contribution < -0.4 is 10.1 Å². The molecular formula is C27H30N3O2P. The number of benzene rings is 2. The van der Waals surface area contributed by atoms with E-state index in [4.69, 9.17) is 14.5 Å². The van der Waals surface area contributed by atoms with Gasteiger partial charge in [-0.3, -0.25) is 9.20 Å². The topological polar surface area (TPSA) is 56.5 Å². The summed E-state index contributed by atoms with van der Waals surface area (Å²) < 4.78 is 8.67. The molecule has 2 aromatic carbocycles. The van der Waals surface area contributed by atoms with Gasteiger partial charge < -0.3 is 4.52 Å². The highest BCUT2D eigenvalue weighted by atomic mass is 31.1. The number of para-hydroxylation sites is 3. The van der Waals surface area contributed by atoms with Crippen molar-refractivity contribution in [1.29, 1.82) is 0 Å². The molecule has 170 valence electrons. The van der Waals surface area contributed by atoms with Crippen molar-refractivity contribution in [3.05, 3.63) is 58.9 Å². The maximum atomic E-state index is 13.6. The monoisotopic (exact) mass is 459 g/mol. The first-order chi connectivity index (χ1) is 16.3. The first-order valence-corrected chi connectivity index (χ1v) is 13.9. The molecular weight excluding hydrogens is 429 g/mol. The number of hydrogen-bond acceptors (Lipinski definition) is 4. The van der Waals surface area contributed by atoms with Gasteiger partial charge in [0.2, 0.25) is 5.65 Å². The zero-order valence-electron chi connectivity index (χ0n) is 18.9. The van der Waals surface area contributed by atoms with Gasteiger partial charge in [0, 0.05) is 11.3 Å². The summed E-state index contributed by atoms with van der Waals surface area (Å²) in [6.07, 6.45) is 12.9. The van der Waals surface area contributed by atoms with Crippen LogP contribution in [0.2, 0.25) is 0 Å². The molecule has 0 bridgehead atoms. The van der Waals surface area contributed by atoms with E-state index < -0.39 is 8.15 Å². The number of aromatic nitrogens is 3. The average Bonchev–Trinajstić information content (AvgIpc) is 2.88. The second-order valence-electron chi connectivity index (χ2n) is 9.53. The molecule has 6 heteroatoms. The van der Waals surface area contributed by atoms with Crippen molar-refractivity contribution in [3.8, 4) is 5.88 Å². The van der Waals surface area contributed by atoms with Gasteiger partial charge in [0.05, 0.1) is 30.1 Å². The molecule has 0 radical (unpaired) electrons. The predicted octanol–water partition coefficient (Wildman–Crippen LogP) is 6.84. The summed E-state index contributed by atoms with van der Waals surface area (Å²) in [5, 5.41) is 0.624. The largest absolute Gasteiger partial charge is 0.454 e. The summed E-state index contributed by atoms with van der Waals surface area (Å²) in [4.78, 5) is 23.5. The van der Waals surface area contributed by atoms with Crippen molar-refractivity contribution in [2.45, 2.75) is 75.5 Å². The second kappa shape index (κ2) is 9.02. The molecule has 2 aliphatic carbocycles. The van der Waals surface area contributed by atoms with Crippen LogP contribution in [0.1, 0.15) is 64.2 Å². The lowest BCUT2D eigenvalue weighted by atomic mass is 10.00. The van der Waals surface area contributed by atoms with Crippen molar-refractivity contribution < 1.29 is 4.52 Å². The molecule has 2 saturated carbocycles. The molecule has 5 nitrogen and oxygen atoms in total. The summed E-state index contributed by atoms with van der Waals surface area (Å²) in [6.45, 7) is 0. The Bertz CT molecular complexity index is 1340. The van der Waals surface area contributed by atoms with Gasteiger partial charge in [0.1, 0.15) is 0 Å². The van der Waals surface area contributed by atoms with Crippen LogP contribution in [0.3, 0.4) is 0 Å². The van der Waals surface area contributed by atoms with Crippen LogP contribution in [-0.4, -0.2) is 25.7 Å². The van der Waals surface area contributed by atoms with Crippen molar-refractivity contribution in [2.75, 3.05) is 0 Å². The SMILES string of the molecule is O=c1c2ccccc2nc2c(OP(C3CCCCC3)C3CCCCC3)nc3ccccc3n12. The predicted molar refractivity (Wildman–Crippen MR) is 136 cm³/mol. The van der Waals surface area contributed by atoms with Gasteiger partial charge in [0.15, 0.2) is 0 Å². The molecule has 6 rings (SSSR count). The fourth-order valence-electron chi connectivity index (χ4n) is 5.69. The molecule has 0 aliphatic heterocycles. The summed E-state index contributed by atoms with van der Waals surface area (Å²) in [6, 6.07) is 15.4. The van der Waals surface area contributed by atoms with E-state index in [9.17, 15) is 4.79 Å². The standard InChI is InChI=1S/C27H30N3O2P/c31-27-21-15-7-8-16-22(21)28-25-26(29-23-17-9-10-18-24(23)30(25)27)32-33(19-11-3-1-4-12-19)20-13-5-2-6-14-20/h7-10,15-20H,1-6,11-14H2. The van der Waals surface area contributed by atoms with Crippen LogP contribution >= 0.6 is 8.15 Å². The van der Waals surface area contributed by atoms with E-state index in [0.29, 0.717) is 33.7 Å². The Kier molecular flexibility index (Phi) is 5.75. The lowest BCUT2D eigenvalue weighted by Crippen LogP contribution is -2.24. The molecule has 2 fully saturated rings. The highest BCUT2D eigenvalue weighted by Crippen LogP contribution is 2.56. The molecule has 0 amide bonds. The number of fused-ring (bicyclic) bond motifs is 4. The number of rotatable bonds is 4. The molecule has 0 unspecified atom stereocenters. The maximum Gasteiger partial charge on any atom is 0.266 e. The Balaban J connectivity index is 1.54. The average molecular weight is 460 g/mol. The van der Waals surface area contributed by atoms with E-state index in [1.807, 2.05) is 48.5 Å². The van der Waals surface area contributed by atoms with Gasteiger partial charge in [-0.1, -0.05) is 62.8 Å². The lowest BCUT2D eigenvalue weighted by molar-refractivity contribution is 0.446. The highest BCUT2D eigenvalue weighted by Gasteiger charge is 2.35. The number of hydrogen-bond donors (Lipinski definition) is 0. The van der Waals surface area contributed by atoms with Crippen molar-refractivity contribution in [2.24, 2.45) is 0 Å². The van der Waals surface area contributed by atoms with Gasteiger partial charge in [-0.25, -0.2) is 9.97 Å².